The fraction of sp³-hybridized carbons (Fsp3) is 0.600. The Balaban J connectivity index is 2.08. The third-order valence-corrected chi connectivity index (χ3v) is 5.17. The van der Waals surface area contributed by atoms with Gasteiger partial charge in [-0.1, -0.05) is 19.6 Å². The third-order valence-electron chi connectivity index (χ3n) is 5.17. The van der Waals surface area contributed by atoms with Crippen LogP contribution in [0.5, 0.6) is 0 Å². The van der Waals surface area contributed by atoms with Crippen molar-refractivity contribution < 1.29 is 19.4 Å². The van der Waals surface area contributed by atoms with Crippen molar-refractivity contribution in [3.63, 3.8) is 0 Å². The molecule has 3 unspecified atom stereocenters. The van der Waals surface area contributed by atoms with Gasteiger partial charge in [-0.3, -0.25) is 4.79 Å². The minimum Gasteiger partial charge on any atom is -0.458 e. The van der Waals surface area contributed by atoms with E-state index < -0.39 is 23.4 Å². The second-order valence-corrected chi connectivity index (χ2v) is 6.18. The van der Waals surface area contributed by atoms with Crippen LogP contribution < -0.4 is 0 Å². The molecule has 3 aliphatic rings. The van der Waals surface area contributed by atoms with Crippen molar-refractivity contribution in [3.8, 4) is 0 Å². The maximum Gasteiger partial charge on any atom is 0.334 e. The van der Waals surface area contributed by atoms with Crippen LogP contribution in [0.2, 0.25) is 0 Å². The Labute approximate surface area is 112 Å². The summed E-state index contributed by atoms with van der Waals surface area (Å²) in [5.41, 5.74) is -0.568. The van der Waals surface area contributed by atoms with E-state index >= 15 is 0 Å². The van der Waals surface area contributed by atoms with E-state index in [1.807, 2.05) is 13.0 Å². The van der Waals surface area contributed by atoms with Crippen molar-refractivity contribution in [2.45, 2.75) is 32.5 Å². The van der Waals surface area contributed by atoms with Crippen molar-refractivity contribution in [1.82, 2.24) is 0 Å². The molecule has 6 atom stereocenters. The Morgan fingerprint density at radius 3 is 2.84 bits per heavy atom. The van der Waals surface area contributed by atoms with Crippen LogP contribution in [0.15, 0.2) is 24.3 Å². The number of carbonyl (C=O) groups excluding carboxylic acids is 2. The van der Waals surface area contributed by atoms with Crippen LogP contribution >= 0.6 is 0 Å². The van der Waals surface area contributed by atoms with Crippen LogP contribution in [0.4, 0.5) is 0 Å². The van der Waals surface area contributed by atoms with E-state index in [4.69, 9.17) is 4.74 Å². The molecule has 102 valence electrons. The summed E-state index contributed by atoms with van der Waals surface area (Å²) in [7, 11) is 0. The average molecular weight is 262 g/mol. The molecule has 19 heavy (non-hydrogen) atoms. The van der Waals surface area contributed by atoms with Gasteiger partial charge in [0.05, 0.1) is 17.4 Å². The molecular formula is C15H18O4. The molecule has 0 aromatic heterocycles. The van der Waals surface area contributed by atoms with Gasteiger partial charge in [0.1, 0.15) is 6.10 Å². The molecule has 3 rings (SSSR count). The topological polar surface area (TPSA) is 63.6 Å². The highest BCUT2D eigenvalue weighted by Gasteiger charge is 2.59. The first-order chi connectivity index (χ1) is 8.87. The molecule has 0 amide bonds. The van der Waals surface area contributed by atoms with Gasteiger partial charge in [0.25, 0.3) is 0 Å². The zero-order valence-corrected chi connectivity index (χ0v) is 11.1. The predicted octanol–water partition coefficient (Wildman–Crippen LogP) is 1.25. The molecule has 1 aliphatic heterocycles. The average Bonchev–Trinajstić information content (AvgIpc) is 2.77. The summed E-state index contributed by atoms with van der Waals surface area (Å²) in [5, 5.41) is 10.7. The molecular weight excluding hydrogens is 244 g/mol. The standard InChI is InChI=1S/C15H18O4/c1-7-6-10-12(8(2)14(18)19-10)13(17)15(3)9(7)4-5-11(15)16/h4-5,7,9-10,12-13,17H,2,6H2,1,3H3/t7-,9+,10?,12?,13+,15?/m1/s1. The normalized spacial score (nSPS) is 48.8. The summed E-state index contributed by atoms with van der Waals surface area (Å²) in [5.74, 6) is -0.802. The highest BCUT2D eigenvalue weighted by Crippen LogP contribution is 2.52. The maximum atomic E-state index is 12.2. The second-order valence-electron chi connectivity index (χ2n) is 6.18. The van der Waals surface area contributed by atoms with Gasteiger partial charge >= 0.3 is 5.97 Å². The quantitative estimate of drug-likeness (QED) is 0.527. The predicted molar refractivity (Wildman–Crippen MR) is 68.0 cm³/mol. The molecule has 2 fully saturated rings. The molecule has 4 heteroatoms. The van der Waals surface area contributed by atoms with Crippen LogP contribution in [0.1, 0.15) is 20.3 Å². The minimum absolute atomic E-state index is 0.00731. The number of hydrogen-bond donors (Lipinski definition) is 1. The molecule has 2 aliphatic carbocycles. The SMILES string of the molecule is C=C1C(=O)OC2C[C@@H](C)[C@@H]3C=CC(=O)C3(C)[C@@H](O)C12. The number of ketones is 1. The largest absolute Gasteiger partial charge is 0.458 e. The summed E-state index contributed by atoms with van der Waals surface area (Å²) < 4.78 is 5.31. The highest BCUT2D eigenvalue weighted by atomic mass is 16.6. The maximum absolute atomic E-state index is 12.2. The van der Waals surface area contributed by atoms with E-state index in [9.17, 15) is 14.7 Å². The van der Waals surface area contributed by atoms with E-state index in [2.05, 4.69) is 6.58 Å². The number of carbonyl (C=O) groups is 2. The fourth-order valence-corrected chi connectivity index (χ4v) is 3.98. The molecule has 1 N–H and O–H groups in total. The zero-order valence-electron chi connectivity index (χ0n) is 11.1. The van der Waals surface area contributed by atoms with Crippen molar-refractivity contribution >= 4 is 11.8 Å². The van der Waals surface area contributed by atoms with Crippen molar-refractivity contribution in [1.29, 1.82) is 0 Å². The molecule has 1 heterocycles. The summed E-state index contributed by atoms with van der Waals surface area (Å²) in [6.45, 7) is 7.57. The minimum atomic E-state index is -0.922. The Hall–Kier alpha value is -1.42. The van der Waals surface area contributed by atoms with Gasteiger partial charge in [0, 0.05) is 5.57 Å². The monoisotopic (exact) mass is 262 g/mol. The number of ether oxygens (including phenoxy) is 1. The van der Waals surface area contributed by atoms with Crippen LogP contribution in [0, 0.1) is 23.2 Å². The highest BCUT2D eigenvalue weighted by molar-refractivity contribution is 5.99. The lowest BCUT2D eigenvalue weighted by Crippen LogP contribution is -2.46. The number of allylic oxidation sites excluding steroid dienone is 2. The summed E-state index contributed by atoms with van der Waals surface area (Å²) in [6, 6.07) is 0. The van der Waals surface area contributed by atoms with Gasteiger partial charge in [-0.05, 0) is 31.3 Å². The molecule has 0 radical (unpaired) electrons. The van der Waals surface area contributed by atoms with E-state index in [0.29, 0.717) is 12.0 Å². The molecule has 1 saturated carbocycles. The molecule has 0 aromatic carbocycles. The van der Waals surface area contributed by atoms with Gasteiger partial charge in [-0.15, -0.1) is 0 Å². The lowest BCUT2D eigenvalue weighted by Gasteiger charge is -2.37. The van der Waals surface area contributed by atoms with Gasteiger partial charge in [-0.25, -0.2) is 4.79 Å². The van der Waals surface area contributed by atoms with E-state index in [1.165, 1.54) is 0 Å². The van der Waals surface area contributed by atoms with Crippen LogP contribution in [-0.4, -0.2) is 29.1 Å². The lowest BCUT2D eigenvalue weighted by molar-refractivity contribution is -0.140. The first kappa shape index (κ1) is 12.6. The van der Waals surface area contributed by atoms with E-state index in [0.717, 1.165) is 0 Å². The third kappa shape index (κ3) is 1.43. The van der Waals surface area contributed by atoms with Gasteiger partial charge in [0.15, 0.2) is 5.78 Å². The van der Waals surface area contributed by atoms with Crippen LogP contribution in [-0.2, 0) is 14.3 Å². The molecule has 0 bridgehead atoms. The Bertz CT molecular complexity index is 506. The first-order valence-electron chi connectivity index (χ1n) is 6.68. The molecule has 1 saturated heterocycles. The number of esters is 1. The van der Waals surface area contributed by atoms with Gasteiger partial charge in [-0.2, -0.15) is 0 Å². The number of hydrogen-bond acceptors (Lipinski definition) is 4. The van der Waals surface area contributed by atoms with E-state index in [1.54, 1.807) is 13.0 Å². The van der Waals surface area contributed by atoms with Crippen molar-refractivity contribution in [2.75, 3.05) is 0 Å². The molecule has 0 aromatic rings. The smallest absolute Gasteiger partial charge is 0.334 e. The lowest BCUT2D eigenvalue weighted by atomic mass is 9.67. The Morgan fingerprint density at radius 2 is 2.16 bits per heavy atom. The van der Waals surface area contributed by atoms with Gasteiger partial charge in [0.2, 0.25) is 0 Å². The number of fused-ring (bicyclic) bond motifs is 2. The Morgan fingerprint density at radius 1 is 1.47 bits per heavy atom. The summed E-state index contributed by atoms with van der Waals surface area (Å²) in [4.78, 5) is 23.9. The number of rotatable bonds is 0. The molecule has 0 spiro atoms. The van der Waals surface area contributed by atoms with Crippen LogP contribution in [0.3, 0.4) is 0 Å². The molecule has 4 nitrogen and oxygen atoms in total. The fourth-order valence-electron chi connectivity index (χ4n) is 3.98. The zero-order chi connectivity index (χ0) is 13.9. The first-order valence-corrected chi connectivity index (χ1v) is 6.68. The van der Waals surface area contributed by atoms with E-state index in [-0.39, 0.29) is 23.7 Å². The number of aliphatic hydroxyl groups is 1. The van der Waals surface area contributed by atoms with Crippen molar-refractivity contribution in [2.24, 2.45) is 23.2 Å². The second kappa shape index (κ2) is 3.79. The summed E-state index contributed by atoms with van der Waals surface area (Å²) in [6.07, 6.45) is 2.83. The van der Waals surface area contributed by atoms with Gasteiger partial charge < -0.3 is 9.84 Å². The van der Waals surface area contributed by atoms with Crippen LogP contribution in [0.25, 0.3) is 0 Å². The summed E-state index contributed by atoms with van der Waals surface area (Å²) >= 11 is 0. The Kier molecular flexibility index (Phi) is 2.52. The van der Waals surface area contributed by atoms with Crippen molar-refractivity contribution in [3.05, 3.63) is 24.3 Å². The number of aliphatic hydroxyl groups excluding tert-OH is 1.